The molecule has 1 fully saturated rings. The number of pyridine rings is 1. The molecule has 0 spiro atoms. The van der Waals surface area contributed by atoms with Crippen LogP contribution in [0.3, 0.4) is 0 Å². The highest BCUT2D eigenvalue weighted by Gasteiger charge is 2.57. The van der Waals surface area contributed by atoms with Gasteiger partial charge in [0.1, 0.15) is 5.76 Å². The number of hydrogen-bond acceptors (Lipinski definition) is 6. The zero-order valence-corrected chi connectivity index (χ0v) is 16.2. The molecule has 0 bridgehead atoms. The van der Waals surface area contributed by atoms with E-state index in [9.17, 15) is 0 Å². The number of ether oxygens (including phenoxy) is 1. The molecule has 28 heavy (non-hydrogen) atoms. The number of nitrogens with one attached hydrogen (secondary N) is 1. The van der Waals surface area contributed by atoms with E-state index in [0.717, 1.165) is 34.5 Å². The molecule has 2 unspecified atom stereocenters. The van der Waals surface area contributed by atoms with Gasteiger partial charge in [0.25, 0.3) is 0 Å². The van der Waals surface area contributed by atoms with Gasteiger partial charge in [0.15, 0.2) is 0 Å². The molecule has 3 aromatic rings. The van der Waals surface area contributed by atoms with Crippen LogP contribution in [0.1, 0.15) is 13.3 Å². The molecule has 0 saturated heterocycles. The maximum atomic E-state index is 6.48. The molecule has 8 heteroatoms. The molecular formula is C20H19ClN6O. The van der Waals surface area contributed by atoms with Gasteiger partial charge < -0.3 is 15.8 Å². The number of nitrogens with two attached hydrogens (primary N) is 1. The lowest BCUT2D eigenvalue weighted by Gasteiger charge is -2.23. The Morgan fingerprint density at radius 1 is 1.36 bits per heavy atom. The fourth-order valence-corrected chi connectivity index (χ4v) is 4.02. The smallest absolute Gasteiger partial charge is 0.227 e. The highest BCUT2D eigenvalue weighted by Crippen LogP contribution is 2.54. The molecule has 142 valence electrons. The summed E-state index contributed by atoms with van der Waals surface area (Å²) in [5.41, 5.74) is 10.6. The summed E-state index contributed by atoms with van der Waals surface area (Å²) in [7, 11) is 1.65. The summed E-state index contributed by atoms with van der Waals surface area (Å²) >= 11 is 6.41. The van der Waals surface area contributed by atoms with Crippen LogP contribution in [-0.2, 0) is 4.74 Å². The Morgan fingerprint density at radius 3 is 3.04 bits per heavy atom. The molecular weight excluding hydrogens is 376 g/mol. The zero-order valence-electron chi connectivity index (χ0n) is 15.5. The van der Waals surface area contributed by atoms with Crippen molar-refractivity contribution in [3.05, 3.63) is 64.9 Å². The van der Waals surface area contributed by atoms with Gasteiger partial charge in [-0.2, -0.15) is 5.10 Å². The third kappa shape index (κ3) is 2.51. The SMILES string of the molecule is COC1=C(Nc2ncc(Cl)c(-c3cnn4ccccc34)n2)C2CC2(N)C(C)=C1. The monoisotopic (exact) mass is 394 g/mol. The molecule has 3 aromatic heterocycles. The largest absolute Gasteiger partial charge is 0.495 e. The van der Waals surface area contributed by atoms with Gasteiger partial charge in [-0.3, -0.25) is 0 Å². The molecule has 0 radical (unpaired) electrons. The Hall–Kier alpha value is -2.90. The minimum atomic E-state index is -0.304. The summed E-state index contributed by atoms with van der Waals surface area (Å²) in [5, 5.41) is 8.15. The topological polar surface area (TPSA) is 90.4 Å². The Morgan fingerprint density at radius 2 is 2.21 bits per heavy atom. The van der Waals surface area contributed by atoms with Crippen molar-refractivity contribution in [2.45, 2.75) is 18.9 Å². The third-order valence-electron chi connectivity index (χ3n) is 5.59. The van der Waals surface area contributed by atoms with Crippen molar-refractivity contribution in [1.82, 2.24) is 19.6 Å². The lowest BCUT2D eigenvalue weighted by molar-refractivity contribution is 0.297. The van der Waals surface area contributed by atoms with Crippen LogP contribution in [0.25, 0.3) is 16.8 Å². The van der Waals surface area contributed by atoms with Crippen molar-refractivity contribution in [1.29, 1.82) is 0 Å². The van der Waals surface area contributed by atoms with E-state index >= 15 is 0 Å². The second kappa shape index (κ2) is 6.05. The first-order valence-corrected chi connectivity index (χ1v) is 9.37. The van der Waals surface area contributed by atoms with Crippen LogP contribution in [0, 0.1) is 5.92 Å². The first kappa shape index (κ1) is 17.2. The van der Waals surface area contributed by atoms with Gasteiger partial charge in [0.05, 0.1) is 41.4 Å². The van der Waals surface area contributed by atoms with Crippen LogP contribution in [0.2, 0.25) is 5.02 Å². The number of aromatic nitrogens is 4. The van der Waals surface area contributed by atoms with E-state index in [2.05, 4.69) is 20.4 Å². The molecule has 5 rings (SSSR count). The summed E-state index contributed by atoms with van der Waals surface area (Å²) in [6.07, 6.45) is 8.09. The van der Waals surface area contributed by atoms with Gasteiger partial charge in [-0.25, -0.2) is 14.5 Å². The summed E-state index contributed by atoms with van der Waals surface area (Å²) in [5.74, 6) is 1.38. The number of hydrogen-bond donors (Lipinski definition) is 2. The van der Waals surface area contributed by atoms with E-state index < -0.39 is 0 Å². The van der Waals surface area contributed by atoms with Crippen LogP contribution >= 0.6 is 11.6 Å². The first-order chi connectivity index (χ1) is 13.5. The quantitative estimate of drug-likeness (QED) is 0.704. The number of allylic oxidation sites excluding steroid dienone is 1. The van der Waals surface area contributed by atoms with Crippen molar-refractivity contribution in [2.24, 2.45) is 11.7 Å². The fraction of sp³-hybridized carbons (Fsp3) is 0.250. The average Bonchev–Trinajstić information content (AvgIpc) is 3.23. The van der Waals surface area contributed by atoms with E-state index in [1.807, 2.05) is 37.4 Å². The number of anilines is 1. The predicted molar refractivity (Wildman–Crippen MR) is 108 cm³/mol. The zero-order chi connectivity index (χ0) is 19.5. The fourth-order valence-electron chi connectivity index (χ4n) is 3.83. The van der Waals surface area contributed by atoms with Gasteiger partial charge >= 0.3 is 0 Å². The minimum absolute atomic E-state index is 0.173. The Balaban J connectivity index is 1.55. The van der Waals surface area contributed by atoms with Gasteiger partial charge in [-0.15, -0.1) is 0 Å². The summed E-state index contributed by atoms with van der Waals surface area (Å²) in [4.78, 5) is 9.02. The van der Waals surface area contributed by atoms with Crippen molar-refractivity contribution < 1.29 is 4.74 Å². The summed E-state index contributed by atoms with van der Waals surface area (Å²) in [6, 6.07) is 5.85. The summed E-state index contributed by atoms with van der Waals surface area (Å²) < 4.78 is 7.35. The second-order valence-electron chi connectivity index (χ2n) is 7.21. The van der Waals surface area contributed by atoms with Crippen LogP contribution < -0.4 is 11.1 Å². The van der Waals surface area contributed by atoms with Crippen molar-refractivity contribution >= 4 is 23.1 Å². The number of fused-ring (bicyclic) bond motifs is 2. The van der Waals surface area contributed by atoms with Crippen molar-refractivity contribution in [3.8, 4) is 11.3 Å². The highest BCUT2D eigenvalue weighted by atomic mass is 35.5. The predicted octanol–water partition coefficient (Wildman–Crippen LogP) is 3.39. The molecule has 0 amide bonds. The normalized spacial score (nSPS) is 23.4. The average molecular weight is 395 g/mol. The van der Waals surface area contributed by atoms with E-state index in [-0.39, 0.29) is 11.5 Å². The number of methoxy groups -OCH3 is 1. The number of halogens is 1. The third-order valence-corrected chi connectivity index (χ3v) is 5.87. The summed E-state index contributed by atoms with van der Waals surface area (Å²) in [6.45, 7) is 2.04. The van der Waals surface area contributed by atoms with Crippen LogP contribution in [-0.4, -0.2) is 32.2 Å². The lowest BCUT2D eigenvalue weighted by atomic mass is 9.97. The lowest BCUT2D eigenvalue weighted by Crippen LogP contribution is -2.31. The van der Waals surface area contributed by atoms with Crippen molar-refractivity contribution in [2.75, 3.05) is 12.4 Å². The molecule has 1 saturated carbocycles. The molecule has 2 atom stereocenters. The van der Waals surface area contributed by atoms with Gasteiger partial charge in [0.2, 0.25) is 5.95 Å². The van der Waals surface area contributed by atoms with Crippen LogP contribution in [0.5, 0.6) is 0 Å². The second-order valence-corrected chi connectivity index (χ2v) is 7.62. The minimum Gasteiger partial charge on any atom is -0.495 e. The van der Waals surface area contributed by atoms with Gasteiger partial charge in [-0.05, 0) is 37.1 Å². The molecule has 2 aliphatic rings. The maximum Gasteiger partial charge on any atom is 0.227 e. The Bertz CT molecular complexity index is 1170. The molecule has 0 aliphatic heterocycles. The van der Waals surface area contributed by atoms with Crippen LogP contribution in [0.15, 0.2) is 59.9 Å². The molecule has 0 aromatic carbocycles. The van der Waals surface area contributed by atoms with Gasteiger partial charge in [0, 0.05) is 23.2 Å². The van der Waals surface area contributed by atoms with E-state index in [0.29, 0.717) is 16.7 Å². The number of nitrogens with zero attached hydrogens (tertiary/aromatic N) is 4. The maximum absolute atomic E-state index is 6.48. The Kier molecular flexibility index (Phi) is 3.72. The van der Waals surface area contributed by atoms with E-state index in [4.69, 9.17) is 22.1 Å². The van der Waals surface area contributed by atoms with Crippen LogP contribution in [0.4, 0.5) is 5.95 Å². The van der Waals surface area contributed by atoms with E-state index in [1.165, 1.54) is 0 Å². The van der Waals surface area contributed by atoms with Crippen molar-refractivity contribution in [3.63, 3.8) is 0 Å². The number of rotatable bonds is 4. The molecule has 2 aliphatic carbocycles. The molecule has 3 N–H and O–H groups in total. The molecule has 3 heterocycles. The Labute approximate surface area is 166 Å². The van der Waals surface area contributed by atoms with E-state index in [1.54, 1.807) is 24.0 Å². The molecule has 7 nitrogen and oxygen atoms in total. The highest BCUT2D eigenvalue weighted by molar-refractivity contribution is 6.33. The first-order valence-electron chi connectivity index (χ1n) is 8.99. The standard InChI is InChI=1S/C20H19ClN6O/c1-11-7-16(28-2)18(13-8-20(11,13)22)26-19-23-10-14(21)17(25-19)12-9-24-27-6-4-3-5-15(12)27/h3-7,9-10,13H,8,22H2,1-2H3,(H,23,25,26). The van der Waals surface area contributed by atoms with Gasteiger partial charge in [-0.1, -0.05) is 17.7 Å².